The van der Waals surface area contributed by atoms with Gasteiger partial charge in [-0.25, -0.2) is 4.68 Å². The Balaban J connectivity index is 2.10. The lowest BCUT2D eigenvalue weighted by Crippen LogP contribution is -2.34. The maximum atomic E-state index is 12.3. The Morgan fingerprint density at radius 3 is 2.75 bits per heavy atom. The fraction of sp³-hybridized carbons (Fsp3) is 0.357. The van der Waals surface area contributed by atoms with E-state index in [0.29, 0.717) is 6.42 Å². The van der Waals surface area contributed by atoms with E-state index in [4.69, 9.17) is 0 Å². The van der Waals surface area contributed by atoms with Gasteiger partial charge in [0.2, 0.25) is 5.91 Å². The van der Waals surface area contributed by atoms with Crippen LogP contribution < -0.4 is 0 Å². The highest BCUT2D eigenvalue weighted by Crippen LogP contribution is 2.22. The quantitative estimate of drug-likeness (QED) is 0.848. The highest BCUT2D eigenvalue weighted by molar-refractivity contribution is 5.76. The fourth-order valence-corrected chi connectivity index (χ4v) is 2.12. The fourth-order valence-electron chi connectivity index (χ4n) is 2.12. The highest BCUT2D eigenvalue weighted by atomic mass is 16.3. The Kier molecular flexibility index (Phi) is 4.84. The molecule has 6 nitrogen and oxygen atoms in total. The summed E-state index contributed by atoms with van der Waals surface area (Å²) >= 11 is 0. The molecule has 0 fully saturated rings. The largest absolute Gasteiger partial charge is 0.396 e. The van der Waals surface area contributed by atoms with Gasteiger partial charge in [-0.1, -0.05) is 35.5 Å². The summed E-state index contributed by atoms with van der Waals surface area (Å²) in [4.78, 5) is 13.9. The molecular weight excluding hydrogens is 256 g/mol. The van der Waals surface area contributed by atoms with Gasteiger partial charge in [0.05, 0.1) is 12.2 Å². The molecule has 0 saturated carbocycles. The first kappa shape index (κ1) is 14.2. The van der Waals surface area contributed by atoms with Gasteiger partial charge < -0.3 is 10.0 Å². The number of carbonyl (C=O) groups excluding carboxylic acids is 1. The smallest absolute Gasteiger partial charge is 0.244 e. The molecule has 106 valence electrons. The van der Waals surface area contributed by atoms with Crippen LogP contribution in [0.25, 0.3) is 0 Å². The van der Waals surface area contributed by atoms with Crippen molar-refractivity contribution >= 4 is 5.91 Å². The monoisotopic (exact) mass is 274 g/mol. The lowest BCUT2D eigenvalue weighted by molar-refractivity contribution is -0.133. The van der Waals surface area contributed by atoms with E-state index in [1.165, 1.54) is 10.9 Å². The first-order valence-electron chi connectivity index (χ1n) is 6.48. The van der Waals surface area contributed by atoms with Gasteiger partial charge in [-0.15, -0.1) is 5.10 Å². The maximum Gasteiger partial charge on any atom is 0.244 e. The van der Waals surface area contributed by atoms with Crippen molar-refractivity contribution in [3.63, 3.8) is 0 Å². The molecule has 20 heavy (non-hydrogen) atoms. The van der Waals surface area contributed by atoms with Crippen molar-refractivity contribution < 1.29 is 9.90 Å². The summed E-state index contributed by atoms with van der Waals surface area (Å²) in [7, 11) is 1.74. The van der Waals surface area contributed by atoms with Gasteiger partial charge in [0.15, 0.2) is 0 Å². The van der Waals surface area contributed by atoms with Gasteiger partial charge in [0.25, 0.3) is 0 Å². The van der Waals surface area contributed by atoms with Gasteiger partial charge in [-0.3, -0.25) is 4.79 Å². The van der Waals surface area contributed by atoms with Crippen LogP contribution in [-0.4, -0.2) is 44.6 Å². The molecule has 1 aromatic carbocycles. The standard InChI is InChI=1S/C14H18N4O2/c1-17(14(20)11-18-9-8-15-16-18)13(7-10-19)12-5-3-2-4-6-12/h2-6,8-9,13,19H,7,10-11H2,1H3. The molecule has 0 aliphatic carbocycles. The summed E-state index contributed by atoms with van der Waals surface area (Å²) in [6.07, 6.45) is 3.69. The molecule has 1 amide bonds. The zero-order valence-electron chi connectivity index (χ0n) is 11.4. The van der Waals surface area contributed by atoms with Crippen molar-refractivity contribution in [2.24, 2.45) is 0 Å². The Hall–Kier alpha value is -2.21. The van der Waals surface area contributed by atoms with Gasteiger partial charge in [-0.05, 0) is 12.0 Å². The lowest BCUT2D eigenvalue weighted by Gasteiger charge is -2.28. The van der Waals surface area contributed by atoms with E-state index in [1.54, 1.807) is 18.1 Å². The Bertz CT molecular complexity index is 527. The summed E-state index contributed by atoms with van der Waals surface area (Å²) in [6, 6.07) is 9.55. The predicted octanol–water partition coefficient (Wildman–Crippen LogP) is 0.860. The van der Waals surface area contributed by atoms with E-state index < -0.39 is 0 Å². The molecule has 2 aromatic rings. The number of aliphatic hydroxyl groups excluding tert-OH is 1. The van der Waals surface area contributed by atoms with Gasteiger partial charge in [0.1, 0.15) is 6.54 Å². The van der Waals surface area contributed by atoms with Crippen molar-refractivity contribution in [1.29, 1.82) is 0 Å². The third-order valence-corrected chi connectivity index (χ3v) is 3.22. The third kappa shape index (κ3) is 3.42. The van der Waals surface area contributed by atoms with E-state index in [2.05, 4.69) is 10.3 Å². The van der Waals surface area contributed by atoms with E-state index in [9.17, 15) is 9.90 Å². The van der Waals surface area contributed by atoms with E-state index in [1.807, 2.05) is 30.3 Å². The number of rotatable bonds is 6. The summed E-state index contributed by atoms with van der Waals surface area (Å²) in [5.74, 6) is -0.0715. The van der Waals surface area contributed by atoms with Gasteiger partial charge in [0, 0.05) is 19.9 Å². The normalized spacial score (nSPS) is 12.1. The number of benzene rings is 1. The minimum absolute atomic E-state index is 0.0283. The first-order chi connectivity index (χ1) is 9.72. The average Bonchev–Trinajstić information content (AvgIpc) is 2.98. The third-order valence-electron chi connectivity index (χ3n) is 3.22. The molecule has 0 bridgehead atoms. The highest BCUT2D eigenvalue weighted by Gasteiger charge is 2.21. The Labute approximate surface area is 117 Å². The topological polar surface area (TPSA) is 71.2 Å². The molecule has 6 heteroatoms. The number of nitrogens with zero attached hydrogens (tertiary/aromatic N) is 4. The second-order valence-corrected chi connectivity index (χ2v) is 4.54. The van der Waals surface area contributed by atoms with Gasteiger partial charge >= 0.3 is 0 Å². The minimum atomic E-state index is -0.141. The number of likely N-dealkylation sites (N-methyl/N-ethyl adjacent to an activating group) is 1. The predicted molar refractivity (Wildman–Crippen MR) is 73.7 cm³/mol. The summed E-state index contributed by atoms with van der Waals surface area (Å²) in [6.45, 7) is 0.172. The molecule has 1 unspecified atom stereocenters. The molecule has 0 aliphatic heterocycles. The molecule has 1 N–H and O–H groups in total. The van der Waals surface area contributed by atoms with Crippen molar-refractivity contribution in [3.8, 4) is 0 Å². The van der Waals surface area contributed by atoms with Crippen LogP contribution in [0.5, 0.6) is 0 Å². The molecule has 0 spiro atoms. The number of hydrogen-bond donors (Lipinski definition) is 1. The van der Waals surface area contributed by atoms with Crippen LogP contribution in [0.1, 0.15) is 18.0 Å². The average molecular weight is 274 g/mol. The zero-order chi connectivity index (χ0) is 14.4. The lowest BCUT2D eigenvalue weighted by atomic mass is 10.0. The van der Waals surface area contributed by atoms with Crippen LogP contribution in [0.4, 0.5) is 0 Å². The second-order valence-electron chi connectivity index (χ2n) is 4.54. The van der Waals surface area contributed by atoms with Crippen LogP contribution in [0, 0.1) is 0 Å². The van der Waals surface area contributed by atoms with Crippen LogP contribution in [0.15, 0.2) is 42.7 Å². The van der Waals surface area contributed by atoms with Crippen molar-refractivity contribution in [2.75, 3.05) is 13.7 Å². The van der Waals surface area contributed by atoms with Crippen molar-refractivity contribution in [3.05, 3.63) is 48.3 Å². The number of aliphatic hydroxyl groups is 1. The Morgan fingerprint density at radius 1 is 1.40 bits per heavy atom. The van der Waals surface area contributed by atoms with Gasteiger partial charge in [-0.2, -0.15) is 0 Å². The molecular formula is C14H18N4O2. The van der Waals surface area contributed by atoms with Crippen LogP contribution in [0.2, 0.25) is 0 Å². The van der Waals surface area contributed by atoms with Crippen LogP contribution in [0.3, 0.4) is 0 Å². The molecule has 0 aliphatic rings. The second kappa shape index (κ2) is 6.81. The number of amides is 1. The van der Waals surface area contributed by atoms with Crippen LogP contribution >= 0.6 is 0 Å². The maximum absolute atomic E-state index is 12.3. The molecule has 1 aromatic heterocycles. The number of carbonyl (C=O) groups is 1. The molecule has 1 atom stereocenters. The van der Waals surface area contributed by atoms with E-state index in [0.717, 1.165) is 5.56 Å². The molecule has 0 radical (unpaired) electrons. The summed E-state index contributed by atoms with van der Waals surface area (Å²) in [5, 5.41) is 16.7. The van der Waals surface area contributed by atoms with Crippen molar-refractivity contribution in [2.45, 2.75) is 19.0 Å². The Morgan fingerprint density at radius 2 is 2.15 bits per heavy atom. The van der Waals surface area contributed by atoms with E-state index in [-0.39, 0.29) is 25.1 Å². The first-order valence-corrected chi connectivity index (χ1v) is 6.48. The molecule has 2 rings (SSSR count). The van der Waals surface area contributed by atoms with Crippen LogP contribution in [-0.2, 0) is 11.3 Å². The molecule has 1 heterocycles. The number of hydrogen-bond acceptors (Lipinski definition) is 4. The SMILES string of the molecule is CN(C(=O)Cn1ccnn1)C(CCO)c1ccccc1. The summed E-state index contributed by atoms with van der Waals surface area (Å²) in [5.41, 5.74) is 1.01. The zero-order valence-corrected chi connectivity index (χ0v) is 11.4. The summed E-state index contributed by atoms with van der Waals surface area (Å²) < 4.78 is 1.49. The molecule has 0 saturated heterocycles. The van der Waals surface area contributed by atoms with Crippen molar-refractivity contribution in [1.82, 2.24) is 19.9 Å². The van der Waals surface area contributed by atoms with E-state index >= 15 is 0 Å². The number of aromatic nitrogens is 3. The minimum Gasteiger partial charge on any atom is -0.396 e.